The number of amides is 1. The summed E-state index contributed by atoms with van der Waals surface area (Å²) in [5, 5.41) is 15.3. The zero-order chi connectivity index (χ0) is 38.2. The highest BCUT2D eigenvalue weighted by molar-refractivity contribution is 6.01. The van der Waals surface area contributed by atoms with Crippen molar-refractivity contribution in [3.63, 3.8) is 0 Å². The van der Waals surface area contributed by atoms with Gasteiger partial charge in [0, 0.05) is 36.5 Å². The third-order valence-electron chi connectivity index (χ3n) is 8.41. The van der Waals surface area contributed by atoms with Gasteiger partial charge in [-0.05, 0) is 82.4 Å². The summed E-state index contributed by atoms with van der Waals surface area (Å²) in [5.74, 6) is 0.0424. The van der Waals surface area contributed by atoms with Crippen molar-refractivity contribution in [2.75, 3.05) is 20.3 Å². The molecule has 0 saturated carbocycles. The molecular weight excluding hydrogens is 708 g/mol. The molecule has 1 aliphatic heterocycles. The zero-order valence-corrected chi connectivity index (χ0v) is 28.1. The quantitative estimate of drug-likeness (QED) is 0.0442. The summed E-state index contributed by atoms with van der Waals surface area (Å²) in [6.07, 6.45) is -11.2. The van der Waals surface area contributed by atoms with E-state index in [4.69, 9.17) is 29.8 Å². The molecule has 0 saturated heterocycles. The number of nitrogens with one attached hydrogen (secondary N) is 1. The smallest absolute Gasteiger partial charge is 0.416 e. The van der Waals surface area contributed by atoms with Gasteiger partial charge < -0.3 is 24.6 Å². The maximum Gasteiger partial charge on any atom is 0.416 e. The van der Waals surface area contributed by atoms with Gasteiger partial charge in [0.05, 0.1) is 31.4 Å². The van der Waals surface area contributed by atoms with Gasteiger partial charge in [0.25, 0.3) is 5.91 Å². The first-order valence-electron chi connectivity index (χ1n) is 16.2. The van der Waals surface area contributed by atoms with E-state index >= 15 is 0 Å². The van der Waals surface area contributed by atoms with Crippen molar-refractivity contribution in [3.05, 3.63) is 140 Å². The molecule has 4 aromatic carbocycles. The monoisotopic (exact) mass is 741 g/mol. The molecule has 0 aromatic heterocycles. The van der Waals surface area contributed by atoms with Crippen LogP contribution in [0, 0.1) is 0 Å². The lowest BCUT2D eigenvalue weighted by molar-refractivity contribution is -0.143. The number of benzene rings is 4. The summed E-state index contributed by atoms with van der Waals surface area (Å²) in [6, 6.07) is 21.0. The van der Waals surface area contributed by atoms with E-state index in [0.29, 0.717) is 52.3 Å². The number of hydrogen-bond donors (Lipinski definition) is 2. The molecule has 4 aromatic rings. The summed E-state index contributed by atoms with van der Waals surface area (Å²) >= 11 is 0. The molecule has 0 radical (unpaired) electrons. The second-order valence-electron chi connectivity index (χ2n) is 12.0. The number of ether oxygens (including phenoxy) is 3. The molecule has 0 spiro atoms. The Morgan fingerprint density at radius 3 is 2.25 bits per heavy atom. The van der Waals surface area contributed by atoms with E-state index in [-0.39, 0.29) is 38.1 Å². The first-order valence-corrected chi connectivity index (χ1v) is 16.2. The van der Waals surface area contributed by atoms with Crippen LogP contribution in [0.4, 0.5) is 26.3 Å². The van der Waals surface area contributed by atoms with Gasteiger partial charge in [0.2, 0.25) is 5.90 Å². The molecule has 5 rings (SSSR count). The number of rotatable bonds is 14. The minimum atomic E-state index is -5.09. The van der Waals surface area contributed by atoms with Crippen molar-refractivity contribution in [2.45, 2.75) is 49.9 Å². The first-order chi connectivity index (χ1) is 25.3. The zero-order valence-electron chi connectivity index (χ0n) is 28.1. The van der Waals surface area contributed by atoms with Crippen LogP contribution in [0.2, 0.25) is 0 Å². The minimum Gasteiger partial charge on any atom is -0.497 e. The Morgan fingerprint density at radius 1 is 0.943 bits per heavy atom. The molecule has 53 heavy (non-hydrogen) atoms. The van der Waals surface area contributed by atoms with Crippen LogP contribution in [0.15, 0.2) is 101 Å². The molecule has 1 heterocycles. The summed E-state index contributed by atoms with van der Waals surface area (Å²) in [6.45, 7) is -0.598. The molecular formula is C37H33F6N5O5. The van der Waals surface area contributed by atoms with E-state index in [1.54, 1.807) is 72.8 Å². The fourth-order valence-corrected chi connectivity index (χ4v) is 5.83. The number of aliphatic hydroxyl groups is 1. The first kappa shape index (κ1) is 38.5. The van der Waals surface area contributed by atoms with Gasteiger partial charge in [-0.1, -0.05) is 41.5 Å². The van der Waals surface area contributed by atoms with E-state index in [2.05, 4.69) is 15.3 Å². The molecule has 0 fully saturated rings. The van der Waals surface area contributed by atoms with Gasteiger partial charge in [-0.25, -0.2) is 4.99 Å². The third kappa shape index (κ3) is 9.20. The average Bonchev–Trinajstić information content (AvgIpc) is 3.53. The standard InChI is InChI=1S/C37H33F6N5O5/c1-51-31-9-4-8-25(18-31)32-35(20-26-6-2-3-7-27(26)22-46-48-44,47-33(53-32)24-10-12-30(13-11-24)52-15-5-14-49)34(50)45-21-23-16-28(36(38,39)40)19-29(17-23)37(41,42)43/h2-4,6-13,16-19,32,49H,5,14-15,20-22H2,1H3,(H,45,50)/t32-,35-/m1/s1. The van der Waals surface area contributed by atoms with E-state index in [0.717, 1.165) is 0 Å². The van der Waals surface area contributed by atoms with Crippen LogP contribution in [-0.2, 0) is 41.4 Å². The van der Waals surface area contributed by atoms with Crippen molar-refractivity contribution in [2.24, 2.45) is 10.1 Å². The number of halogens is 6. The highest BCUT2D eigenvalue weighted by Gasteiger charge is 2.53. The lowest BCUT2D eigenvalue weighted by atomic mass is 9.80. The number of aliphatic hydroxyl groups excluding tert-OH is 1. The SMILES string of the molecule is COc1cccc([C@H]2OC(c3ccc(OCCCO)cc3)=N[C@@]2(Cc2ccccc2CN=[N+]=[N-])C(=O)NCc2cc(C(F)(F)F)cc(C(F)(F)F)c2)c1. The van der Waals surface area contributed by atoms with Crippen LogP contribution >= 0.6 is 0 Å². The number of methoxy groups -OCH3 is 1. The van der Waals surface area contributed by atoms with Crippen molar-refractivity contribution >= 4 is 11.8 Å². The third-order valence-corrected chi connectivity index (χ3v) is 8.41. The van der Waals surface area contributed by atoms with Crippen LogP contribution in [-0.4, -0.2) is 42.8 Å². The minimum absolute atomic E-state index is 0.0105. The number of carbonyl (C=O) groups excluding carboxylic acids is 1. The van der Waals surface area contributed by atoms with Crippen molar-refractivity contribution in [1.82, 2.24) is 5.32 Å². The van der Waals surface area contributed by atoms with Crippen molar-refractivity contribution < 1.29 is 50.5 Å². The number of hydrogen-bond acceptors (Lipinski definition) is 7. The maximum absolute atomic E-state index is 14.7. The van der Waals surface area contributed by atoms with Gasteiger partial charge in [0.15, 0.2) is 11.6 Å². The van der Waals surface area contributed by atoms with E-state index in [1.165, 1.54) is 7.11 Å². The fraction of sp³-hybridized carbons (Fsp3) is 0.297. The molecule has 0 unspecified atom stereocenters. The normalized spacial score (nSPS) is 17.0. The number of aliphatic imine (C=N–C) groups is 1. The summed E-state index contributed by atoms with van der Waals surface area (Å²) in [4.78, 5) is 22.3. The van der Waals surface area contributed by atoms with Gasteiger partial charge >= 0.3 is 12.4 Å². The number of alkyl halides is 6. The molecule has 1 aliphatic rings. The summed E-state index contributed by atoms with van der Waals surface area (Å²) in [5.41, 5.74) is 5.51. The van der Waals surface area contributed by atoms with Crippen LogP contribution in [0.25, 0.3) is 10.4 Å². The molecule has 2 N–H and O–H groups in total. The second kappa shape index (κ2) is 16.3. The van der Waals surface area contributed by atoms with Crippen LogP contribution in [0.1, 0.15) is 51.5 Å². The van der Waals surface area contributed by atoms with E-state index < -0.39 is 53.1 Å². The molecule has 278 valence electrons. The van der Waals surface area contributed by atoms with Gasteiger partial charge in [-0.3, -0.25) is 4.79 Å². The Kier molecular flexibility index (Phi) is 11.8. The molecule has 16 heteroatoms. The molecule has 2 atom stereocenters. The van der Waals surface area contributed by atoms with Crippen LogP contribution < -0.4 is 14.8 Å². The van der Waals surface area contributed by atoms with Crippen molar-refractivity contribution in [1.29, 1.82) is 0 Å². The second-order valence-corrected chi connectivity index (χ2v) is 12.0. The Labute approximate surface area is 299 Å². The topological polar surface area (TPSA) is 138 Å². The van der Waals surface area contributed by atoms with Crippen LogP contribution in [0.5, 0.6) is 11.5 Å². The molecule has 0 bridgehead atoms. The lowest BCUT2D eigenvalue weighted by Gasteiger charge is -2.31. The van der Waals surface area contributed by atoms with Crippen molar-refractivity contribution in [3.8, 4) is 11.5 Å². The molecule has 10 nitrogen and oxygen atoms in total. The summed E-state index contributed by atoms with van der Waals surface area (Å²) < 4.78 is 99.5. The number of azide groups is 1. The number of carbonyl (C=O) groups is 1. The highest BCUT2D eigenvalue weighted by atomic mass is 19.4. The Morgan fingerprint density at radius 2 is 1.62 bits per heavy atom. The van der Waals surface area contributed by atoms with Gasteiger partial charge in [-0.2, -0.15) is 26.3 Å². The van der Waals surface area contributed by atoms with Gasteiger partial charge in [0.1, 0.15) is 11.5 Å². The highest BCUT2D eigenvalue weighted by Crippen LogP contribution is 2.44. The average molecular weight is 742 g/mol. The predicted octanol–water partition coefficient (Wildman–Crippen LogP) is 8.12. The largest absolute Gasteiger partial charge is 0.497 e. The van der Waals surface area contributed by atoms with Gasteiger partial charge in [-0.15, -0.1) is 0 Å². The fourth-order valence-electron chi connectivity index (χ4n) is 5.83. The maximum atomic E-state index is 14.7. The Hall–Kier alpha value is -5.73. The lowest BCUT2D eigenvalue weighted by Crippen LogP contribution is -2.49. The van der Waals surface area contributed by atoms with E-state index in [9.17, 15) is 31.1 Å². The Balaban J connectivity index is 1.63. The predicted molar refractivity (Wildman–Crippen MR) is 181 cm³/mol. The summed E-state index contributed by atoms with van der Waals surface area (Å²) in [7, 11) is 1.44. The van der Waals surface area contributed by atoms with Crippen LogP contribution in [0.3, 0.4) is 0 Å². The molecule has 0 aliphatic carbocycles. The number of nitrogens with zero attached hydrogens (tertiary/aromatic N) is 4. The molecule has 1 amide bonds. The Bertz CT molecular complexity index is 1970. The van der Waals surface area contributed by atoms with E-state index in [1.807, 2.05) is 0 Å².